The fraction of sp³-hybridized carbons (Fsp3) is 0.333. The third-order valence-electron chi connectivity index (χ3n) is 5.17. The molecule has 7 N–H and O–H groups in total. The first kappa shape index (κ1) is 23.2. The van der Waals surface area contributed by atoms with Crippen molar-refractivity contribution in [1.82, 2.24) is 15.5 Å². The van der Waals surface area contributed by atoms with Crippen LogP contribution in [-0.2, 0) is 17.5 Å². The number of nitrogens with zero attached hydrogens (tertiary/aromatic N) is 1. The van der Waals surface area contributed by atoms with Crippen molar-refractivity contribution < 1.29 is 27.9 Å². The number of carbonyl (C=O) groups excluding carboxylic acids is 2. The lowest BCUT2D eigenvalue weighted by Crippen LogP contribution is -2.43. The van der Waals surface area contributed by atoms with Crippen LogP contribution in [0.2, 0.25) is 0 Å². The molecule has 1 atom stereocenters. The van der Waals surface area contributed by atoms with E-state index in [9.17, 15) is 27.9 Å². The molecule has 8 nitrogen and oxygen atoms in total. The summed E-state index contributed by atoms with van der Waals surface area (Å²) in [5, 5.41) is 14.6. The van der Waals surface area contributed by atoms with Gasteiger partial charge in [-0.2, -0.15) is 13.2 Å². The van der Waals surface area contributed by atoms with Crippen LogP contribution in [0.15, 0.2) is 36.4 Å². The maximum Gasteiger partial charge on any atom is 0.416 e. The van der Waals surface area contributed by atoms with Gasteiger partial charge in [-0.1, -0.05) is 6.07 Å². The summed E-state index contributed by atoms with van der Waals surface area (Å²) in [5.74, 6) is -1.29. The molecule has 2 aromatic rings. The summed E-state index contributed by atoms with van der Waals surface area (Å²) in [5.41, 5.74) is 11.1. The number of nitrogens with two attached hydrogens (primary N) is 2. The number of phenols is 1. The van der Waals surface area contributed by atoms with Gasteiger partial charge in [-0.05, 0) is 42.3 Å². The highest BCUT2D eigenvalue weighted by Gasteiger charge is 2.31. The van der Waals surface area contributed by atoms with Crippen LogP contribution in [0.1, 0.15) is 27.9 Å². The highest BCUT2D eigenvalue weighted by atomic mass is 19.4. The fourth-order valence-electron chi connectivity index (χ4n) is 3.52. The number of nitrogen functional groups attached to an aromatic ring is 2. The molecule has 1 saturated heterocycles. The van der Waals surface area contributed by atoms with Gasteiger partial charge >= 0.3 is 6.18 Å². The Labute approximate surface area is 182 Å². The van der Waals surface area contributed by atoms with Crippen molar-refractivity contribution in [2.75, 3.05) is 31.1 Å². The maximum absolute atomic E-state index is 12.9. The van der Waals surface area contributed by atoms with Gasteiger partial charge in [-0.15, -0.1) is 0 Å². The second-order valence-corrected chi connectivity index (χ2v) is 7.66. The minimum atomic E-state index is -4.61. The molecule has 1 aliphatic heterocycles. The Morgan fingerprint density at radius 3 is 2.56 bits per heavy atom. The SMILES string of the molecule is Nc1cc(CN2CC[C@@H](NC(=O)CNC(=O)c3cc(C(F)(F)F)ccc3N)C2)ccc1O. The van der Waals surface area contributed by atoms with Crippen LogP contribution in [0.5, 0.6) is 5.75 Å². The van der Waals surface area contributed by atoms with Crippen LogP contribution in [0, 0.1) is 0 Å². The van der Waals surface area contributed by atoms with Gasteiger partial charge < -0.3 is 27.2 Å². The number of rotatable bonds is 6. The van der Waals surface area contributed by atoms with Gasteiger partial charge in [-0.25, -0.2) is 0 Å². The molecule has 2 amide bonds. The van der Waals surface area contributed by atoms with Gasteiger partial charge in [-0.3, -0.25) is 14.5 Å². The average Bonchev–Trinajstić information content (AvgIpc) is 3.15. The summed E-state index contributed by atoms with van der Waals surface area (Å²) in [6.07, 6.45) is -3.91. The van der Waals surface area contributed by atoms with Crippen LogP contribution in [0.4, 0.5) is 24.5 Å². The van der Waals surface area contributed by atoms with Crippen LogP contribution < -0.4 is 22.1 Å². The zero-order valence-corrected chi connectivity index (χ0v) is 17.1. The Bertz CT molecular complexity index is 1010. The van der Waals surface area contributed by atoms with Gasteiger partial charge in [0.25, 0.3) is 5.91 Å². The van der Waals surface area contributed by atoms with Gasteiger partial charge in [0.2, 0.25) is 5.91 Å². The zero-order chi connectivity index (χ0) is 23.5. The number of benzene rings is 2. The number of hydrogen-bond acceptors (Lipinski definition) is 6. The van der Waals surface area contributed by atoms with E-state index in [4.69, 9.17) is 11.5 Å². The van der Waals surface area contributed by atoms with Crippen molar-refractivity contribution in [3.8, 4) is 5.75 Å². The number of hydrogen-bond donors (Lipinski definition) is 5. The molecule has 3 rings (SSSR count). The van der Waals surface area contributed by atoms with E-state index < -0.39 is 23.6 Å². The molecule has 1 heterocycles. The lowest BCUT2D eigenvalue weighted by Gasteiger charge is -2.17. The Kier molecular flexibility index (Phi) is 6.78. The number of likely N-dealkylation sites (tertiary alicyclic amines) is 1. The van der Waals surface area contributed by atoms with E-state index in [0.717, 1.165) is 24.2 Å². The quantitative estimate of drug-likeness (QED) is 0.335. The number of aromatic hydroxyl groups is 1. The largest absolute Gasteiger partial charge is 0.506 e. The summed E-state index contributed by atoms with van der Waals surface area (Å²) >= 11 is 0. The van der Waals surface area contributed by atoms with E-state index in [0.29, 0.717) is 31.3 Å². The third kappa shape index (κ3) is 5.82. The average molecular weight is 451 g/mol. The summed E-state index contributed by atoms with van der Waals surface area (Å²) in [6, 6.07) is 7.31. The molecule has 0 radical (unpaired) electrons. The minimum absolute atomic E-state index is 0.0225. The first-order valence-electron chi connectivity index (χ1n) is 9.87. The lowest BCUT2D eigenvalue weighted by atomic mass is 10.1. The first-order chi connectivity index (χ1) is 15.0. The molecule has 1 fully saturated rings. The van der Waals surface area contributed by atoms with Crippen molar-refractivity contribution in [3.63, 3.8) is 0 Å². The molecule has 0 aliphatic carbocycles. The van der Waals surface area contributed by atoms with E-state index in [2.05, 4.69) is 15.5 Å². The molecule has 172 valence electrons. The molecule has 1 aliphatic rings. The Balaban J connectivity index is 1.48. The van der Waals surface area contributed by atoms with E-state index in [1.807, 2.05) is 0 Å². The number of anilines is 2. The second kappa shape index (κ2) is 9.35. The third-order valence-corrected chi connectivity index (χ3v) is 5.17. The molecular formula is C21H24F3N5O3. The molecule has 0 unspecified atom stereocenters. The lowest BCUT2D eigenvalue weighted by molar-refractivity contribution is -0.137. The molecule has 2 aromatic carbocycles. The van der Waals surface area contributed by atoms with E-state index >= 15 is 0 Å². The van der Waals surface area contributed by atoms with Crippen molar-refractivity contribution in [2.24, 2.45) is 0 Å². The molecule has 0 saturated carbocycles. The summed E-state index contributed by atoms with van der Waals surface area (Å²) in [4.78, 5) is 26.5. The zero-order valence-electron chi connectivity index (χ0n) is 17.1. The van der Waals surface area contributed by atoms with Gasteiger partial charge in [0, 0.05) is 31.4 Å². The molecule has 11 heteroatoms. The first-order valence-corrected chi connectivity index (χ1v) is 9.87. The van der Waals surface area contributed by atoms with Gasteiger partial charge in [0.05, 0.1) is 23.4 Å². The summed E-state index contributed by atoms with van der Waals surface area (Å²) in [6.45, 7) is 1.53. The fourth-order valence-corrected chi connectivity index (χ4v) is 3.52. The topological polar surface area (TPSA) is 134 Å². The Morgan fingerprint density at radius 2 is 1.88 bits per heavy atom. The van der Waals surface area contributed by atoms with Crippen LogP contribution in [-0.4, -0.2) is 47.5 Å². The highest BCUT2D eigenvalue weighted by Crippen LogP contribution is 2.31. The number of nitrogens with one attached hydrogen (secondary N) is 2. The standard InChI is InChI=1S/C21H24F3N5O3/c22-21(23,24)13-2-3-16(25)15(8-13)20(32)27-9-19(31)28-14-5-6-29(11-14)10-12-1-4-18(30)17(26)7-12/h1-4,7-8,14,30H,5-6,9-11,25-26H2,(H,27,32)(H,28,31)/t14-/m1/s1. The van der Waals surface area contributed by atoms with Crippen molar-refractivity contribution in [2.45, 2.75) is 25.2 Å². The van der Waals surface area contributed by atoms with Crippen molar-refractivity contribution in [3.05, 3.63) is 53.1 Å². The number of alkyl halides is 3. The minimum Gasteiger partial charge on any atom is -0.506 e. The molecule has 0 bridgehead atoms. The maximum atomic E-state index is 12.9. The molecule has 0 aromatic heterocycles. The van der Waals surface area contributed by atoms with Gasteiger partial charge in [0.1, 0.15) is 5.75 Å². The number of phenolic OH excluding ortho intramolecular Hbond substituents is 1. The predicted molar refractivity (Wildman–Crippen MR) is 113 cm³/mol. The number of amides is 2. The summed E-state index contributed by atoms with van der Waals surface area (Å²) < 4.78 is 38.6. The summed E-state index contributed by atoms with van der Waals surface area (Å²) in [7, 11) is 0. The Morgan fingerprint density at radius 1 is 1.12 bits per heavy atom. The highest BCUT2D eigenvalue weighted by molar-refractivity contribution is 6.00. The molecule has 0 spiro atoms. The van der Waals surface area contributed by atoms with E-state index in [1.165, 1.54) is 6.07 Å². The number of carbonyl (C=O) groups is 2. The monoisotopic (exact) mass is 451 g/mol. The second-order valence-electron chi connectivity index (χ2n) is 7.66. The van der Waals surface area contributed by atoms with Crippen LogP contribution in [0.3, 0.4) is 0 Å². The number of halogens is 3. The van der Waals surface area contributed by atoms with E-state index in [-0.39, 0.29) is 29.6 Å². The van der Waals surface area contributed by atoms with Crippen molar-refractivity contribution in [1.29, 1.82) is 0 Å². The Hall–Kier alpha value is -3.47. The van der Waals surface area contributed by atoms with Crippen LogP contribution >= 0.6 is 0 Å². The molecular weight excluding hydrogens is 427 g/mol. The smallest absolute Gasteiger partial charge is 0.416 e. The van der Waals surface area contributed by atoms with Crippen LogP contribution in [0.25, 0.3) is 0 Å². The van der Waals surface area contributed by atoms with E-state index in [1.54, 1.807) is 12.1 Å². The van der Waals surface area contributed by atoms with Crippen molar-refractivity contribution >= 4 is 23.2 Å². The predicted octanol–water partition coefficient (Wildman–Crippen LogP) is 1.70. The normalized spacial score (nSPS) is 16.7. The molecule has 32 heavy (non-hydrogen) atoms. The van der Waals surface area contributed by atoms with Gasteiger partial charge in [0.15, 0.2) is 0 Å².